The van der Waals surface area contributed by atoms with Crippen molar-refractivity contribution in [3.63, 3.8) is 0 Å². The highest BCUT2D eigenvalue weighted by Crippen LogP contribution is 2.22. The van der Waals surface area contributed by atoms with Crippen molar-refractivity contribution in [2.24, 2.45) is 0 Å². The Balaban J connectivity index is 0.000000492. The Morgan fingerprint density at radius 3 is 2.50 bits per heavy atom. The summed E-state index contributed by atoms with van der Waals surface area (Å²) in [6.07, 6.45) is 0. The highest BCUT2D eigenvalue weighted by atomic mass is 15.2. The van der Waals surface area contributed by atoms with Gasteiger partial charge >= 0.3 is 5.96 Å². The third kappa shape index (κ3) is 3.57. The molecule has 7 nitrogen and oxygen atoms in total. The van der Waals surface area contributed by atoms with Crippen LogP contribution >= 0.6 is 0 Å². The lowest BCUT2D eigenvalue weighted by molar-refractivity contribution is -0.444. The van der Waals surface area contributed by atoms with E-state index in [-0.39, 0.29) is 0 Å². The molecule has 0 aliphatic carbocycles. The number of rotatable bonds is 1. The van der Waals surface area contributed by atoms with Crippen molar-refractivity contribution in [1.29, 1.82) is 0 Å². The van der Waals surface area contributed by atoms with E-state index in [1.165, 1.54) is 16.0 Å². The molecule has 0 amide bonds. The first-order valence-corrected chi connectivity index (χ1v) is 5.55. The standard InChI is InChI=1S/C11H16N4.N3/c1-7-5-9(12)10(6-8(7)2)15-11-13-3-4-14-11;1-3-2/h5-6H,3-4,12H2,1-2H3,(H2,13,14,15);/q;-1/p+1. The number of benzene rings is 1. The van der Waals surface area contributed by atoms with Crippen molar-refractivity contribution in [2.75, 3.05) is 24.1 Å². The number of nitrogen functional groups attached to an aromatic ring is 1. The average Bonchev–Trinajstić information content (AvgIpc) is 2.80. The Bertz CT molecular complexity index is 486. The van der Waals surface area contributed by atoms with Crippen LogP contribution in [0.1, 0.15) is 11.1 Å². The second-order valence-electron chi connectivity index (χ2n) is 3.97. The van der Waals surface area contributed by atoms with Gasteiger partial charge in [-0.2, -0.15) is 0 Å². The van der Waals surface area contributed by atoms with E-state index in [1.54, 1.807) is 0 Å². The molecule has 18 heavy (non-hydrogen) atoms. The molecule has 0 unspecified atom stereocenters. The first kappa shape index (κ1) is 13.7. The molecule has 2 rings (SSSR count). The average molecular weight is 247 g/mol. The van der Waals surface area contributed by atoms with Crippen LogP contribution in [-0.4, -0.2) is 19.0 Å². The zero-order valence-corrected chi connectivity index (χ0v) is 10.5. The van der Waals surface area contributed by atoms with Gasteiger partial charge in [0.15, 0.2) is 0 Å². The van der Waals surface area contributed by atoms with Gasteiger partial charge in [0, 0.05) is 0 Å². The number of guanidine groups is 1. The van der Waals surface area contributed by atoms with Crippen LogP contribution < -0.4 is 21.4 Å². The number of nitrogens with one attached hydrogen (secondary N) is 3. The molecular weight excluding hydrogens is 230 g/mol. The monoisotopic (exact) mass is 247 g/mol. The maximum atomic E-state index is 6.75. The first-order valence-electron chi connectivity index (χ1n) is 5.55. The molecule has 0 saturated carbocycles. The Morgan fingerprint density at radius 2 is 1.94 bits per heavy atom. The largest absolute Gasteiger partial charge is 0.396 e. The molecule has 0 bridgehead atoms. The van der Waals surface area contributed by atoms with Crippen LogP contribution in [0.5, 0.6) is 0 Å². The summed E-state index contributed by atoms with van der Waals surface area (Å²) in [6, 6.07) is 4.06. The summed E-state index contributed by atoms with van der Waals surface area (Å²) < 4.78 is 0. The van der Waals surface area contributed by atoms with Gasteiger partial charge in [0.1, 0.15) is 5.69 Å². The fraction of sp³-hybridized carbons (Fsp3) is 0.364. The van der Waals surface area contributed by atoms with Crippen molar-refractivity contribution in [3.8, 4) is 0 Å². The highest BCUT2D eigenvalue weighted by Gasteiger charge is 2.14. The molecule has 7 heteroatoms. The summed E-state index contributed by atoms with van der Waals surface area (Å²) >= 11 is 0. The smallest absolute Gasteiger partial charge is 0.348 e. The number of nitrogens with zero attached hydrogens (tertiary/aromatic N) is 3. The molecule has 1 aliphatic rings. The number of hydrogen-bond donors (Lipinski definition) is 4. The minimum Gasteiger partial charge on any atom is -0.396 e. The molecule has 96 valence electrons. The van der Waals surface area contributed by atoms with Gasteiger partial charge in [-0.05, 0) is 37.1 Å². The molecule has 1 aromatic rings. The van der Waals surface area contributed by atoms with E-state index in [0.29, 0.717) is 0 Å². The second-order valence-corrected chi connectivity index (χ2v) is 3.97. The Labute approximate surface area is 106 Å². The molecule has 1 aliphatic heterocycles. The van der Waals surface area contributed by atoms with Crippen LogP contribution in [-0.2, 0) is 0 Å². The fourth-order valence-corrected chi connectivity index (χ4v) is 1.61. The van der Waals surface area contributed by atoms with E-state index in [1.807, 2.05) is 6.07 Å². The van der Waals surface area contributed by atoms with Gasteiger partial charge < -0.3 is 16.8 Å². The summed E-state index contributed by atoms with van der Waals surface area (Å²) in [5.41, 5.74) is 23.6. The third-order valence-electron chi connectivity index (χ3n) is 2.65. The Hall–Kier alpha value is -2.40. The highest BCUT2D eigenvalue weighted by molar-refractivity contribution is 5.93. The summed E-state index contributed by atoms with van der Waals surface area (Å²) in [6.45, 7) is 6.05. The van der Waals surface area contributed by atoms with E-state index >= 15 is 0 Å². The molecule has 0 aromatic heterocycles. The number of aryl methyl sites for hydroxylation is 2. The molecule has 1 heterocycles. The summed E-state index contributed by atoms with van der Waals surface area (Å²) in [4.78, 5) is 4.71. The van der Waals surface area contributed by atoms with Gasteiger partial charge in [-0.25, -0.2) is 5.32 Å². The molecule has 5 N–H and O–H groups in total. The van der Waals surface area contributed by atoms with E-state index < -0.39 is 0 Å². The zero-order valence-electron chi connectivity index (χ0n) is 10.5. The Morgan fingerprint density at radius 1 is 1.33 bits per heavy atom. The van der Waals surface area contributed by atoms with Crippen molar-refractivity contribution in [2.45, 2.75) is 13.8 Å². The van der Waals surface area contributed by atoms with Crippen molar-refractivity contribution < 1.29 is 4.99 Å². The third-order valence-corrected chi connectivity index (χ3v) is 2.65. The predicted molar refractivity (Wildman–Crippen MR) is 72.9 cm³/mol. The molecule has 0 fully saturated rings. The van der Waals surface area contributed by atoms with Crippen molar-refractivity contribution >= 4 is 17.3 Å². The quantitative estimate of drug-likeness (QED) is 0.245. The van der Waals surface area contributed by atoms with E-state index in [9.17, 15) is 0 Å². The minimum absolute atomic E-state index is 0.779. The van der Waals surface area contributed by atoms with Gasteiger partial charge in [0.2, 0.25) is 0 Å². The maximum absolute atomic E-state index is 6.75. The van der Waals surface area contributed by atoms with Crippen LogP contribution in [0.2, 0.25) is 0 Å². The second kappa shape index (κ2) is 6.36. The molecule has 0 spiro atoms. The van der Waals surface area contributed by atoms with Crippen LogP contribution in [0.3, 0.4) is 0 Å². The van der Waals surface area contributed by atoms with Gasteiger partial charge in [-0.1, -0.05) is 0 Å². The van der Waals surface area contributed by atoms with E-state index in [4.69, 9.17) is 16.8 Å². The molecule has 0 saturated heterocycles. The molecular formula is C11H17N7. The minimum atomic E-state index is 0.779. The lowest BCUT2D eigenvalue weighted by Crippen LogP contribution is -2.72. The predicted octanol–water partition coefficient (Wildman–Crippen LogP) is 0.203. The van der Waals surface area contributed by atoms with Gasteiger partial charge in [-0.3, -0.25) is 15.2 Å². The summed E-state index contributed by atoms with van der Waals surface area (Å²) in [5.74, 6) is 0.935. The summed E-state index contributed by atoms with van der Waals surface area (Å²) in [7, 11) is 0. The molecule has 0 atom stereocenters. The van der Waals surface area contributed by atoms with Crippen LogP contribution in [0, 0.1) is 13.8 Å². The van der Waals surface area contributed by atoms with Gasteiger partial charge in [-0.15, -0.1) is 0 Å². The lowest BCUT2D eigenvalue weighted by Gasteiger charge is -2.07. The van der Waals surface area contributed by atoms with Gasteiger partial charge in [0.25, 0.3) is 0 Å². The first-order chi connectivity index (χ1) is 8.58. The number of nitrogens with two attached hydrogens (primary N) is 1. The molecule has 0 radical (unpaired) electrons. The zero-order chi connectivity index (χ0) is 13.5. The van der Waals surface area contributed by atoms with E-state index in [0.717, 1.165) is 30.4 Å². The molecule has 1 aromatic carbocycles. The van der Waals surface area contributed by atoms with Gasteiger partial charge in [0.05, 0.1) is 18.8 Å². The fourth-order valence-electron chi connectivity index (χ4n) is 1.61. The lowest BCUT2D eigenvalue weighted by atomic mass is 10.1. The van der Waals surface area contributed by atoms with Crippen LogP contribution in [0.15, 0.2) is 12.1 Å². The number of hydrogen-bond acceptors (Lipinski definition) is 3. The van der Waals surface area contributed by atoms with Crippen molar-refractivity contribution in [1.82, 2.24) is 5.32 Å². The topological polar surface area (TPSA) is 123 Å². The number of anilines is 2. The SMILES string of the molecule is Cc1cc(N)c(NC2=[NH+]CCN2)cc1C.[N-]=[N+]=[N-]. The van der Waals surface area contributed by atoms with Crippen LogP contribution in [0.4, 0.5) is 11.4 Å². The van der Waals surface area contributed by atoms with E-state index in [2.05, 4.69) is 35.5 Å². The maximum Gasteiger partial charge on any atom is 0.348 e. The Kier molecular flexibility index (Phi) is 4.83. The van der Waals surface area contributed by atoms with Crippen molar-refractivity contribution in [3.05, 3.63) is 39.2 Å². The summed E-state index contributed by atoms with van der Waals surface area (Å²) in [5, 5.41) is 6.45. The van der Waals surface area contributed by atoms with Crippen LogP contribution in [0.25, 0.3) is 16.0 Å². The normalized spacial score (nSPS) is 12.7.